The summed E-state index contributed by atoms with van der Waals surface area (Å²) in [5, 5.41) is 0. The summed E-state index contributed by atoms with van der Waals surface area (Å²) in [5.41, 5.74) is 3.88. The van der Waals surface area contributed by atoms with Gasteiger partial charge in [-0.3, -0.25) is 4.99 Å². The van der Waals surface area contributed by atoms with E-state index in [9.17, 15) is 0 Å². The highest BCUT2D eigenvalue weighted by Gasteiger charge is 2.28. The van der Waals surface area contributed by atoms with E-state index in [-0.39, 0.29) is 0 Å². The third kappa shape index (κ3) is 2.46. The lowest BCUT2D eigenvalue weighted by molar-refractivity contribution is 0.542. The number of nitrogens with zero attached hydrogens (tertiary/aromatic N) is 2. The van der Waals surface area contributed by atoms with Gasteiger partial charge in [0.05, 0.1) is 11.9 Å². The predicted molar refractivity (Wildman–Crippen MR) is 87.7 cm³/mol. The normalized spacial score (nSPS) is 21.1. The van der Waals surface area contributed by atoms with Gasteiger partial charge in [-0.05, 0) is 26.0 Å². The van der Waals surface area contributed by atoms with Gasteiger partial charge >= 0.3 is 0 Å². The topological polar surface area (TPSA) is 24.7 Å². The van der Waals surface area contributed by atoms with Crippen molar-refractivity contribution in [1.82, 2.24) is 0 Å². The van der Waals surface area contributed by atoms with Crippen molar-refractivity contribution in [1.29, 1.82) is 0 Å². The van der Waals surface area contributed by atoms with Gasteiger partial charge in [-0.25, -0.2) is 4.99 Å². The molecule has 100 valence electrons. The molecule has 0 radical (unpaired) electrons. The Balaban J connectivity index is 1.96. The smallest absolute Gasteiger partial charge is 0.173 e. The van der Waals surface area contributed by atoms with Crippen LogP contribution in [-0.2, 0) is 5.66 Å². The quantitative estimate of drug-likeness (QED) is 0.776. The largest absolute Gasteiger partial charge is 0.257 e. The molecule has 1 aliphatic heterocycles. The van der Waals surface area contributed by atoms with E-state index >= 15 is 0 Å². The van der Waals surface area contributed by atoms with Gasteiger partial charge in [0.15, 0.2) is 5.66 Å². The number of hydrogen-bond acceptors (Lipinski definition) is 2. The minimum atomic E-state index is -0.504. The molecule has 1 heterocycles. The molecule has 2 aromatic rings. The van der Waals surface area contributed by atoms with Gasteiger partial charge in [0.25, 0.3) is 0 Å². The zero-order chi connectivity index (χ0) is 14.2. The monoisotopic (exact) mass is 326 g/mol. The summed E-state index contributed by atoms with van der Waals surface area (Å²) in [4.78, 5) is 9.41. The van der Waals surface area contributed by atoms with Gasteiger partial charge < -0.3 is 0 Å². The fraction of sp³-hybridized carbons (Fsp3) is 0.176. The van der Waals surface area contributed by atoms with Crippen molar-refractivity contribution in [2.45, 2.75) is 19.5 Å². The van der Waals surface area contributed by atoms with E-state index in [1.54, 1.807) is 0 Å². The van der Waals surface area contributed by atoms with Crippen LogP contribution in [-0.4, -0.2) is 11.9 Å². The molecular weight excluding hydrogens is 312 g/mol. The molecule has 3 rings (SSSR count). The number of rotatable bonds is 2. The maximum absolute atomic E-state index is 4.80. The first-order valence-electron chi connectivity index (χ1n) is 6.55. The number of aryl methyl sites for hydroxylation is 1. The third-order valence-corrected chi connectivity index (χ3v) is 4.04. The molecule has 3 heteroatoms. The SMILES string of the molecule is Cc1ccc(C2(C)N=CC(c3ccc(Br)cc3)=N2)cc1. The van der Waals surface area contributed by atoms with Crippen molar-refractivity contribution >= 4 is 27.9 Å². The van der Waals surface area contributed by atoms with Gasteiger partial charge in [0.2, 0.25) is 0 Å². The molecule has 0 aliphatic carbocycles. The minimum Gasteiger partial charge on any atom is -0.257 e. The molecular formula is C17H15BrN2. The third-order valence-electron chi connectivity index (χ3n) is 3.51. The highest BCUT2D eigenvalue weighted by molar-refractivity contribution is 9.10. The second-order valence-corrected chi connectivity index (χ2v) is 6.06. The fourth-order valence-corrected chi connectivity index (χ4v) is 2.51. The van der Waals surface area contributed by atoms with Crippen LogP contribution in [0.5, 0.6) is 0 Å². The van der Waals surface area contributed by atoms with Gasteiger partial charge in [0.1, 0.15) is 0 Å². The van der Waals surface area contributed by atoms with Crippen LogP contribution in [0.2, 0.25) is 0 Å². The van der Waals surface area contributed by atoms with Crippen LogP contribution < -0.4 is 0 Å². The molecule has 1 unspecified atom stereocenters. The van der Waals surface area contributed by atoms with Crippen molar-refractivity contribution in [2.75, 3.05) is 0 Å². The highest BCUT2D eigenvalue weighted by Crippen LogP contribution is 2.31. The molecule has 1 aliphatic rings. The van der Waals surface area contributed by atoms with E-state index in [2.05, 4.69) is 64.2 Å². The summed E-state index contributed by atoms with van der Waals surface area (Å²) in [6.45, 7) is 4.13. The van der Waals surface area contributed by atoms with Gasteiger partial charge in [-0.15, -0.1) is 0 Å². The highest BCUT2D eigenvalue weighted by atomic mass is 79.9. The Hall–Kier alpha value is -1.74. The lowest BCUT2D eigenvalue weighted by Crippen LogP contribution is -2.13. The average Bonchev–Trinajstić information content (AvgIpc) is 2.84. The van der Waals surface area contributed by atoms with Crippen LogP contribution in [0.15, 0.2) is 63.0 Å². The molecule has 0 bridgehead atoms. The summed E-state index contributed by atoms with van der Waals surface area (Å²) < 4.78 is 1.07. The second-order valence-electron chi connectivity index (χ2n) is 5.15. The van der Waals surface area contributed by atoms with Crippen molar-refractivity contribution in [3.05, 3.63) is 69.7 Å². The van der Waals surface area contributed by atoms with Crippen LogP contribution in [0.3, 0.4) is 0 Å². The van der Waals surface area contributed by atoms with E-state index in [1.165, 1.54) is 5.56 Å². The first kappa shape index (κ1) is 13.3. The summed E-state index contributed by atoms with van der Waals surface area (Å²) in [7, 11) is 0. The molecule has 2 nitrogen and oxygen atoms in total. The molecule has 0 aromatic heterocycles. The van der Waals surface area contributed by atoms with Crippen LogP contribution in [0.4, 0.5) is 0 Å². The van der Waals surface area contributed by atoms with E-state index in [4.69, 9.17) is 4.99 Å². The first-order chi connectivity index (χ1) is 9.57. The lowest BCUT2D eigenvalue weighted by atomic mass is 10.0. The summed E-state index contributed by atoms with van der Waals surface area (Å²) in [5.74, 6) is 0. The van der Waals surface area contributed by atoms with Crippen molar-refractivity contribution < 1.29 is 0 Å². The van der Waals surface area contributed by atoms with Crippen LogP contribution in [0, 0.1) is 6.92 Å². The second kappa shape index (κ2) is 4.98. The number of aliphatic imine (C=N–C) groups is 2. The molecule has 0 fully saturated rings. The van der Waals surface area contributed by atoms with E-state index in [0.717, 1.165) is 21.3 Å². The number of halogens is 1. The maximum Gasteiger partial charge on any atom is 0.173 e. The average molecular weight is 327 g/mol. The first-order valence-corrected chi connectivity index (χ1v) is 7.34. The van der Waals surface area contributed by atoms with Crippen LogP contribution in [0.1, 0.15) is 23.6 Å². The Labute approximate surface area is 127 Å². The lowest BCUT2D eigenvalue weighted by Gasteiger charge is -2.18. The van der Waals surface area contributed by atoms with E-state index in [0.29, 0.717) is 0 Å². The molecule has 0 saturated heterocycles. The number of hydrogen-bond donors (Lipinski definition) is 0. The zero-order valence-corrected chi connectivity index (χ0v) is 13.1. The number of benzene rings is 2. The van der Waals surface area contributed by atoms with E-state index < -0.39 is 5.66 Å². The van der Waals surface area contributed by atoms with Crippen molar-refractivity contribution in [2.24, 2.45) is 9.98 Å². The fourth-order valence-electron chi connectivity index (χ4n) is 2.25. The Bertz CT molecular complexity index is 684. The minimum absolute atomic E-state index is 0.504. The Kier molecular flexibility index (Phi) is 3.30. The Morgan fingerprint density at radius 3 is 2.25 bits per heavy atom. The molecule has 0 saturated carbocycles. The molecule has 0 N–H and O–H groups in total. The van der Waals surface area contributed by atoms with E-state index in [1.807, 2.05) is 25.3 Å². The maximum atomic E-state index is 4.80. The summed E-state index contributed by atoms with van der Waals surface area (Å²) in [6, 6.07) is 16.5. The van der Waals surface area contributed by atoms with Crippen molar-refractivity contribution in [3.63, 3.8) is 0 Å². The Morgan fingerprint density at radius 1 is 0.950 bits per heavy atom. The summed E-state index contributed by atoms with van der Waals surface area (Å²) in [6.07, 6.45) is 1.86. The van der Waals surface area contributed by atoms with Crippen LogP contribution in [0.25, 0.3) is 0 Å². The standard InChI is InChI=1S/C17H15BrN2/c1-12-3-7-14(8-4-12)17(2)19-11-16(20-17)13-5-9-15(18)10-6-13/h3-11H,1-2H3. The molecule has 20 heavy (non-hydrogen) atoms. The van der Waals surface area contributed by atoms with Crippen LogP contribution >= 0.6 is 15.9 Å². The van der Waals surface area contributed by atoms with Gasteiger partial charge in [-0.1, -0.05) is 57.9 Å². The predicted octanol–water partition coefficient (Wildman–Crippen LogP) is 4.50. The molecule has 2 aromatic carbocycles. The summed E-state index contributed by atoms with van der Waals surface area (Å²) >= 11 is 3.45. The molecule has 0 amide bonds. The Morgan fingerprint density at radius 2 is 1.60 bits per heavy atom. The molecule has 0 spiro atoms. The zero-order valence-electron chi connectivity index (χ0n) is 11.5. The van der Waals surface area contributed by atoms with Crippen molar-refractivity contribution in [3.8, 4) is 0 Å². The van der Waals surface area contributed by atoms with Gasteiger partial charge in [-0.2, -0.15) is 0 Å². The molecule has 1 atom stereocenters. The van der Waals surface area contributed by atoms with Gasteiger partial charge in [0, 0.05) is 15.6 Å².